The summed E-state index contributed by atoms with van der Waals surface area (Å²) in [7, 11) is 0. The lowest BCUT2D eigenvalue weighted by Crippen LogP contribution is -2.51. The largest absolute Gasteiger partial charge is 0.350 e. The molecule has 168 valence electrons. The summed E-state index contributed by atoms with van der Waals surface area (Å²) in [6.45, 7) is 2.71. The van der Waals surface area contributed by atoms with Gasteiger partial charge in [0.15, 0.2) is 0 Å². The number of amides is 1. The predicted molar refractivity (Wildman–Crippen MR) is 119 cm³/mol. The fourth-order valence-corrected chi connectivity index (χ4v) is 7.46. The number of aromatic nitrogens is 2. The maximum absolute atomic E-state index is 14.1. The molecule has 5 aliphatic rings. The number of rotatable bonds is 5. The van der Waals surface area contributed by atoms with Crippen molar-refractivity contribution in [1.29, 1.82) is 0 Å². The van der Waals surface area contributed by atoms with Crippen molar-refractivity contribution >= 4 is 5.91 Å². The molecule has 1 N–H and O–H groups in total. The van der Waals surface area contributed by atoms with Crippen LogP contribution in [0.2, 0.25) is 0 Å². The van der Waals surface area contributed by atoms with Gasteiger partial charge in [0.05, 0.1) is 5.69 Å². The molecule has 7 rings (SSSR count). The first-order valence-electron chi connectivity index (χ1n) is 12.1. The highest BCUT2D eigenvalue weighted by Gasteiger charge is 2.50. The summed E-state index contributed by atoms with van der Waals surface area (Å²) in [4.78, 5) is 24.2. The van der Waals surface area contributed by atoms with Crippen LogP contribution in [-0.2, 0) is 19.5 Å². The molecule has 4 fully saturated rings. The molecule has 6 heteroatoms. The van der Waals surface area contributed by atoms with Crippen LogP contribution < -0.4 is 5.32 Å². The lowest BCUT2D eigenvalue weighted by Gasteiger charge is -2.56. The summed E-state index contributed by atoms with van der Waals surface area (Å²) in [6.07, 6.45) is 10.3. The lowest BCUT2D eigenvalue weighted by molar-refractivity contribution is -0.0503. The van der Waals surface area contributed by atoms with Crippen molar-refractivity contribution in [2.45, 2.75) is 58.0 Å². The molecule has 0 spiro atoms. The van der Waals surface area contributed by atoms with E-state index in [-0.39, 0.29) is 11.7 Å². The molecular formula is C26H31FN4O. The van der Waals surface area contributed by atoms with Crippen molar-refractivity contribution in [1.82, 2.24) is 20.2 Å². The summed E-state index contributed by atoms with van der Waals surface area (Å²) in [5, 5.41) is 3.27. The zero-order valence-corrected chi connectivity index (χ0v) is 18.5. The van der Waals surface area contributed by atoms with Gasteiger partial charge in [0.2, 0.25) is 0 Å². The second-order valence-electron chi connectivity index (χ2n) is 10.8. The Labute approximate surface area is 188 Å². The zero-order valence-electron chi connectivity index (χ0n) is 18.5. The first-order valence-corrected chi connectivity index (χ1v) is 12.1. The molecule has 4 saturated carbocycles. The van der Waals surface area contributed by atoms with Gasteiger partial charge in [0.1, 0.15) is 17.8 Å². The van der Waals surface area contributed by atoms with E-state index in [9.17, 15) is 9.18 Å². The quantitative estimate of drug-likeness (QED) is 0.769. The summed E-state index contributed by atoms with van der Waals surface area (Å²) >= 11 is 0. The van der Waals surface area contributed by atoms with Crippen LogP contribution >= 0.6 is 0 Å². The van der Waals surface area contributed by atoms with Gasteiger partial charge >= 0.3 is 0 Å². The van der Waals surface area contributed by atoms with Gasteiger partial charge in [-0.15, -0.1) is 0 Å². The van der Waals surface area contributed by atoms with E-state index in [4.69, 9.17) is 0 Å². The number of hydrogen-bond acceptors (Lipinski definition) is 4. The maximum Gasteiger partial charge on any atom is 0.270 e. The third-order valence-corrected chi connectivity index (χ3v) is 8.44. The van der Waals surface area contributed by atoms with E-state index in [1.165, 1.54) is 50.9 Å². The Balaban J connectivity index is 1.13. The Hall–Kier alpha value is -2.34. The Morgan fingerprint density at radius 3 is 2.53 bits per heavy atom. The first-order chi connectivity index (χ1) is 15.6. The van der Waals surface area contributed by atoms with Crippen LogP contribution in [0, 0.1) is 29.0 Å². The molecule has 1 aromatic carbocycles. The monoisotopic (exact) mass is 434 g/mol. The molecule has 4 bridgehead atoms. The van der Waals surface area contributed by atoms with Crippen molar-refractivity contribution in [3.05, 3.63) is 58.9 Å². The molecule has 1 amide bonds. The standard InChI is InChI=1S/C26H31FN4O/c27-22-4-2-1-3-20(22)13-31-6-5-21-23(14-31)29-16-30-24(21)25(32)28-15-26-10-17-7-18(11-26)9-19(8-17)12-26/h1-4,16-19H,5-15H2,(H,28,32). The van der Waals surface area contributed by atoms with Crippen molar-refractivity contribution < 1.29 is 9.18 Å². The van der Waals surface area contributed by atoms with Crippen molar-refractivity contribution in [2.75, 3.05) is 13.1 Å². The smallest absolute Gasteiger partial charge is 0.270 e. The van der Waals surface area contributed by atoms with E-state index in [0.717, 1.165) is 42.1 Å². The Bertz CT molecular complexity index is 1000. The van der Waals surface area contributed by atoms with Crippen LogP contribution in [0.25, 0.3) is 0 Å². The number of fused-ring (bicyclic) bond motifs is 1. The number of halogens is 1. The van der Waals surface area contributed by atoms with Crippen molar-refractivity contribution in [3.8, 4) is 0 Å². The van der Waals surface area contributed by atoms with Crippen LogP contribution in [0.15, 0.2) is 30.6 Å². The molecule has 1 aromatic heterocycles. The van der Waals surface area contributed by atoms with E-state index in [1.54, 1.807) is 6.07 Å². The van der Waals surface area contributed by atoms with Crippen LogP contribution in [0.5, 0.6) is 0 Å². The highest BCUT2D eigenvalue weighted by Crippen LogP contribution is 2.59. The highest BCUT2D eigenvalue weighted by atomic mass is 19.1. The number of nitrogens with one attached hydrogen (secondary N) is 1. The molecule has 1 aliphatic heterocycles. The number of hydrogen-bond donors (Lipinski definition) is 1. The van der Waals surface area contributed by atoms with Crippen LogP contribution in [-0.4, -0.2) is 33.9 Å². The topological polar surface area (TPSA) is 58.1 Å². The van der Waals surface area contributed by atoms with Gasteiger partial charge in [-0.1, -0.05) is 18.2 Å². The van der Waals surface area contributed by atoms with Crippen LogP contribution in [0.3, 0.4) is 0 Å². The minimum absolute atomic E-state index is 0.0538. The molecule has 0 radical (unpaired) electrons. The predicted octanol–water partition coefficient (Wildman–Crippen LogP) is 4.12. The highest BCUT2D eigenvalue weighted by molar-refractivity contribution is 5.94. The second kappa shape index (κ2) is 7.91. The molecule has 5 nitrogen and oxygen atoms in total. The normalized spacial score (nSPS) is 30.8. The molecule has 32 heavy (non-hydrogen) atoms. The third-order valence-electron chi connectivity index (χ3n) is 8.44. The minimum atomic E-state index is -0.175. The summed E-state index contributed by atoms with van der Waals surface area (Å²) in [5.41, 5.74) is 3.39. The SMILES string of the molecule is O=C(NCC12CC3CC(CC(C3)C1)C2)c1ncnc2c1CCN(Cc1ccccc1F)C2. The number of benzene rings is 1. The van der Waals surface area contributed by atoms with Gasteiger partial charge in [0.25, 0.3) is 5.91 Å². The van der Waals surface area contributed by atoms with Gasteiger partial charge in [-0.2, -0.15) is 0 Å². The Morgan fingerprint density at radius 2 is 1.81 bits per heavy atom. The average Bonchev–Trinajstić information content (AvgIpc) is 2.78. The minimum Gasteiger partial charge on any atom is -0.350 e. The number of carbonyl (C=O) groups excluding carboxylic acids is 1. The summed E-state index contributed by atoms with van der Waals surface area (Å²) in [5.74, 6) is 2.41. The fourth-order valence-electron chi connectivity index (χ4n) is 7.46. The molecule has 0 saturated heterocycles. The summed E-state index contributed by atoms with van der Waals surface area (Å²) < 4.78 is 14.1. The van der Waals surface area contributed by atoms with E-state index in [0.29, 0.717) is 36.2 Å². The van der Waals surface area contributed by atoms with Crippen molar-refractivity contribution in [2.24, 2.45) is 23.2 Å². The van der Waals surface area contributed by atoms with E-state index >= 15 is 0 Å². The average molecular weight is 435 g/mol. The van der Waals surface area contributed by atoms with Gasteiger partial charge in [-0.05, 0) is 74.2 Å². The maximum atomic E-state index is 14.1. The van der Waals surface area contributed by atoms with E-state index in [1.807, 2.05) is 12.1 Å². The van der Waals surface area contributed by atoms with E-state index < -0.39 is 0 Å². The molecule has 2 heterocycles. The zero-order chi connectivity index (χ0) is 21.7. The summed E-state index contributed by atoms with van der Waals surface area (Å²) in [6, 6.07) is 6.91. The Kier molecular flexibility index (Phi) is 5.01. The lowest BCUT2D eigenvalue weighted by atomic mass is 9.49. The van der Waals surface area contributed by atoms with Gasteiger partial charge < -0.3 is 5.32 Å². The van der Waals surface area contributed by atoms with Crippen LogP contribution in [0.4, 0.5) is 4.39 Å². The molecular weight excluding hydrogens is 403 g/mol. The number of carbonyl (C=O) groups is 1. The third kappa shape index (κ3) is 3.72. The molecule has 4 aliphatic carbocycles. The first kappa shape index (κ1) is 20.3. The Morgan fingerprint density at radius 1 is 1.09 bits per heavy atom. The molecule has 2 aromatic rings. The van der Waals surface area contributed by atoms with E-state index in [2.05, 4.69) is 20.2 Å². The second-order valence-corrected chi connectivity index (χ2v) is 10.8. The molecule has 0 unspecified atom stereocenters. The van der Waals surface area contributed by atoms with Gasteiger partial charge in [-0.3, -0.25) is 9.69 Å². The van der Waals surface area contributed by atoms with Crippen LogP contribution in [0.1, 0.15) is 65.8 Å². The molecule has 0 atom stereocenters. The van der Waals surface area contributed by atoms with Gasteiger partial charge in [0, 0.05) is 37.3 Å². The number of nitrogens with zero attached hydrogens (tertiary/aromatic N) is 3. The van der Waals surface area contributed by atoms with Gasteiger partial charge in [-0.25, -0.2) is 14.4 Å². The van der Waals surface area contributed by atoms with Crippen molar-refractivity contribution in [3.63, 3.8) is 0 Å². The fraction of sp³-hybridized carbons (Fsp3) is 0.577.